The molecule has 9 heteroatoms. The van der Waals surface area contributed by atoms with Gasteiger partial charge in [0.15, 0.2) is 0 Å². The molecule has 2 aromatic heterocycles. The van der Waals surface area contributed by atoms with Crippen molar-refractivity contribution in [2.24, 2.45) is 5.41 Å². The van der Waals surface area contributed by atoms with Crippen molar-refractivity contribution in [2.75, 3.05) is 18.4 Å². The molecule has 5 rings (SSSR count). The van der Waals surface area contributed by atoms with E-state index >= 15 is 0 Å². The maximum atomic E-state index is 13.7. The van der Waals surface area contributed by atoms with Crippen molar-refractivity contribution in [3.05, 3.63) is 57.2 Å². The van der Waals surface area contributed by atoms with Crippen LogP contribution in [-0.2, 0) is 6.18 Å². The van der Waals surface area contributed by atoms with Crippen LogP contribution in [0.15, 0.2) is 30.4 Å². The molecule has 0 bridgehead atoms. The Morgan fingerprint density at radius 2 is 2.03 bits per heavy atom. The van der Waals surface area contributed by atoms with Crippen LogP contribution in [0.1, 0.15) is 63.7 Å². The molecule has 2 fully saturated rings. The molecule has 1 atom stereocenters. The zero-order valence-electron chi connectivity index (χ0n) is 19.2. The van der Waals surface area contributed by atoms with Gasteiger partial charge >= 0.3 is 6.18 Å². The van der Waals surface area contributed by atoms with E-state index in [0.29, 0.717) is 24.5 Å². The SMILES string of the molecule is Cc1cc(C(F)(F)F)cc(NC[C@@H]2CC3(CC3)CN2C(=O)c2nc(C)sc2C2=CCCC=C2)n1. The van der Waals surface area contributed by atoms with Crippen LogP contribution in [0.25, 0.3) is 5.57 Å². The standard InChI is InChI=1S/C25H27F3N4OS/c1-15-10-18(25(26,27)28)11-20(30-15)29-13-19-12-24(8-9-24)14-32(19)23(33)21-22(34-16(2)31-21)17-6-4-3-5-7-17/h4,6-7,10-11,19H,3,5,8-9,12-14H2,1-2H3,(H,29,30)/t19-/m0/s1. The van der Waals surface area contributed by atoms with Crippen LogP contribution in [-0.4, -0.2) is 39.9 Å². The lowest BCUT2D eigenvalue weighted by molar-refractivity contribution is -0.137. The fourth-order valence-electron chi connectivity index (χ4n) is 4.95. The van der Waals surface area contributed by atoms with Gasteiger partial charge in [0.2, 0.25) is 0 Å². The number of carbonyl (C=O) groups is 1. The molecule has 1 saturated carbocycles. The van der Waals surface area contributed by atoms with Crippen LogP contribution in [0, 0.1) is 19.3 Å². The van der Waals surface area contributed by atoms with Gasteiger partial charge in [-0.2, -0.15) is 13.2 Å². The highest BCUT2D eigenvalue weighted by Crippen LogP contribution is 2.55. The predicted molar refractivity (Wildman–Crippen MR) is 127 cm³/mol. The van der Waals surface area contributed by atoms with Crippen LogP contribution in [0.4, 0.5) is 19.0 Å². The molecular formula is C25H27F3N4OS. The number of nitrogens with one attached hydrogen (secondary N) is 1. The van der Waals surface area contributed by atoms with Gasteiger partial charge in [-0.1, -0.05) is 18.2 Å². The van der Waals surface area contributed by atoms with E-state index in [-0.39, 0.29) is 23.2 Å². The van der Waals surface area contributed by atoms with Crippen molar-refractivity contribution in [2.45, 2.75) is 58.2 Å². The van der Waals surface area contributed by atoms with Gasteiger partial charge in [0, 0.05) is 24.8 Å². The molecule has 0 unspecified atom stereocenters. The number of anilines is 1. The molecule has 1 aliphatic heterocycles. The summed E-state index contributed by atoms with van der Waals surface area (Å²) in [4.78, 5) is 25.3. The number of alkyl halides is 3. The van der Waals surface area contributed by atoms with Crippen LogP contribution in [0.3, 0.4) is 0 Å². The van der Waals surface area contributed by atoms with E-state index in [9.17, 15) is 18.0 Å². The summed E-state index contributed by atoms with van der Waals surface area (Å²) < 4.78 is 39.7. The first-order valence-corrected chi connectivity index (χ1v) is 12.4. The van der Waals surface area contributed by atoms with E-state index < -0.39 is 11.7 Å². The van der Waals surface area contributed by atoms with E-state index in [1.807, 2.05) is 11.8 Å². The van der Waals surface area contributed by atoms with Gasteiger partial charge < -0.3 is 10.2 Å². The van der Waals surface area contributed by atoms with Gasteiger partial charge in [0.1, 0.15) is 11.5 Å². The molecule has 1 spiro atoms. The second kappa shape index (κ2) is 8.52. The predicted octanol–water partition coefficient (Wildman–Crippen LogP) is 6.01. The van der Waals surface area contributed by atoms with Crippen molar-refractivity contribution in [1.82, 2.24) is 14.9 Å². The number of amides is 1. The topological polar surface area (TPSA) is 58.1 Å². The van der Waals surface area contributed by atoms with Gasteiger partial charge in [-0.05, 0) is 69.1 Å². The second-order valence-electron chi connectivity index (χ2n) is 9.60. The van der Waals surface area contributed by atoms with E-state index in [2.05, 4.69) is 33.5 Å². The van der Waals surface area contributed by atoms with Crippen LogP contribution in [0.5, 0.6) is 0 Å². The number of nitrogens with zero attached hydrogens (tertiary/aromatic N) is 3. The third-order valence-corrected chi connectivity index (χ3v) is 7.85. The molecular weight excluding hydrogens is 461 g/mol. The Hall–Kier alpha value is -2.68. The first-order chi connectivity index (χ1) is 16.1. The summed E-state index contributed by atoms with van der Waals surface area (Å²) in [7, 11) is 0. The largest absolute Gasteiger partial charge is 0.416 e. The number of hydrogen-bond donors (Lipinski definition) is 1. The third kappa shape index (κ3) is 4.62. The van der Waals surface area contributed by atoms with E-state index in [0.717, 1.165) is 59.7 Å². The number of rotatable bonds is 5. The zero-order chi connectivity index (χ0) is 24.1. The second-order valence-corrected chi connectivity index (χ2v) is 10.8. The van der Waals surface area contributed by atoms with E-state index in [1.165, 1.54) is 11.3 Å². The Morgan fingerprint density at radius 1 is 1.24 bits per heavy atom. The Balaban J connectivity index is 1.38. The van der Waals surface area contributed by atoms with Crippen molar-refractivity contribution >= 4 is 28.6 Å². The first-order valence-electron chi connectivity index (χ1n) is 11.6. The van der Waals surface area contributed by atoms with E-state index in [4.69, 9.17) is 0 Å². The van der Waals surface area contributed by atoms with Crippen LogP contribution >= 0.6 is 11.3 Å². The number of aromatic nitrogens is 2. The van der Waals surface area contributed by atoms with E-state index in [1.54, 1.807) is 6.92 Å². The summed E-state index contributed by atoms with van der Waals surface area (Å²) in [5.41, 5.74) is 1.23. The maximum absolute atomic E-state index is 13.7. The quantitative estimate of drug-likeness (QED) is 0.560. The highest BCUT2D eigenvalue weighted by molar-refractivity contribution is 7.13. The first kappa shape index (κ1) is 23.1. The lowest BCUT2D eigenvalue weighted by Crippen LogP contribution is -2.40. The minimum atomic E-state index is -4.43. The summed E-state index contributed by atoms with van der Waals surface area (Å²) in [5, 5.41) is 3.92. The van der Waals surface area contributed by atoms with Gasteiger partial charge in [-0.15, -0.1) is 11.3 Å². The number of likely N-dealkylation sites (tertiary alicyclic amines) is 1. The Labute approximate surface area is 200 Å². The van der Waals surface area contributed by atoms with Crippen molar-refractivity contribution in [3.63, 3.8) is 0 Å². The molecule has 0 aromatic carbocycles. The summed E-state index contributed by atoms with van der Waals surface area (Å²) in [6.07, 6.45) is 6.82. The van der Waals surface area contributed by atoms with Gasteiger partial charge in [0.25, 0.3) is 5.91 Å². The molecule has 180 valence electrons. The van der Waals surface area contributed by atoms with Crippen LogP contribution in [0.2, 0.25) is 0 Å². The number of pyridine rings is 1. The minimum Gasteiger partial charge on any atom is -0.368 e. The number of allylic oxidation sites excluding steroid dienone is 4. The highest BCUT2D eigenvalue weighted by atomic mass is 32.1. The molecule has 34 heavy (non-hydrogen) atoms. The van der Waals surface area contributed by atoms with Crippen molar-refractivity contribution in [3.8, 4) is 0 Å². The number of carbonyl (C=O) groups excluding carboxylic acids is 1. The average Bonchev–Trinajstić information content (AvgIpc) is 3.27. The van der Waals surface area contributed by atoms with Gasteiger partial charge in [-0.25, -0.2) is 9.97 Å². The third-order valence-electron chi connectivity index (χ3n) is 6.83. The lowest BCUT2D eigenvalue weighted by Gasteiger charge is -2.25. The highest BCUT2D eigenvalue weighted by Gasteiger charge is 2.53. The van der Waals surface area contributed by atoms with Crippen LogP contribution < -0.4 is 5.32 Å². The summed E-state index contributed by atoms with van der Waals surface area (Å²) >= 11 is 1.53. The summed E-state index contributed by atoms with van der Waals surface area (Å²) in [5.74, 6) is 0.0853. The molecule has 3 aliphatic rings. The molecule has 1 N–H and O–H groups in total. The molecule has 2 aromatic rings. The van der Waals surface area contributed by atoms with Gasteiger partial charge in [-0.3, -0.25) is 4.79 Å². The fourth-order valence-corrected chi connectivity index (χ4v) is 5.89. The van der Waals surface area contributed by atoms with Crippen molar-refractivity contribution < 1.29 is 18.0 Å². The number of thiazole rings is 1. The Bertz CT molecular complexity index is 1180. The Kier molecular flexibility index (Phi) is 5.78. The minimum absolute atomic E-state index is 0.0945. The molecule has 1 saturated heterocycles. The number of halogens is 3. The number of aryl methyl sites for hydroxylation is 2. The molecule has 3 heterocycles. The molecule has 0 radical (unpaired) electrons. The average molecular weight is 489 g/mol. The maximum Gasteiger partial charge on any atom is 0.416 e. The Morgan fingerprint density at radius 3 is 2.71 bits per heavy atom. The monoisotopic (exact) mass is 488 g/mol. The smallest absolute Gasteiger partial charge is 0.368 e. The fraction of sp³-hybridized carbons (Fsp3) is 0.480. The van der Waals surface area contributed by atoms with Gasteiger partial charge in [0.05, 0.1) is 15.4 Å². The molecule has 1 amide bonds. The number of hydrogen-bond acceptors (Lipinski definition) is 5. The summed E-state index contributed by atoms with van der Waals surface area (Å²) in [6.45, 7) is 4.47. The summed E-state index contributed by atoms with van der Waals surface area (Å²) in [6, 6.07) is 1.94. The van der Waals surface area contributed by atoms with Crippen molar-refractivity contribution in [1.29, 1.82) is 0 Å². The lowest BCUT2D eigenvalue weighted by atomic mass is 10.0. The zero-order valence-corrected chi connectivity index (χ0v) is 20.0. The normalized spacial score (nSPS) is 21.1. The molecule has 2 aliphatic carbocycles. The molecule has 5 nitrogen and oxygen atoms in total.